The van der Waals surface area contributed by atoms with Crippen molar-refractivity contribution in [1.82, 2.24) is 9.36 Å². The second-order valence-corrected chi connectivity index (χ2v) is 2.81. The lowest BCUT2D eigenvalue weighted by atomic mass is 10.4. The van der Waals surface area contributed by atoms with Crippen molar-refractivity contribution < 1.29 is 0 Å². The maximum atomic E-state index is 8.30. The minimum atomic E-state index is 0.524. The Labute approximate surface area is 69.3 Å². The molecule has 0 aliphatic rings. The molecule has 0 aliphatic heterocycles. The van der Waals surface area contributed by atoms with Gasteiger partial charge < -0.3 is 4.90 Å². The number of hydrogen-bond acceptors (Lipinski definition) is 5. The molecule has 0 atom stereocenters. The zero-order valence-corrected chi connectivity index (χ0v) is 7.01. The molecular formula is C6H8N4S. The molecule has 0 aromatic carbocycles. The molecule has 11 heavy (non-hydrogen) atoms. The Balaban J connectivity index is 2.44. The molecule has 0 aliphatic carbocycles. The first-order valence-corrected chi connectivity index (χ1v) is 3.96. The largest absolute Gasteiger partial charge is 0.349 e. The van der Waals surface area contributed by atoms with E-state index in [0.29, 0.717) is 13.0 Å². The normalized spacial score (nSPS) is 9.09. The van der Waals surface area contributed by atoms with E-state index in [1.165, 1.54) is 17.9 Å². The van der Waals surface area contributed by atoms with E-state index in [9.17, 15) is 0 Å². The smallest absolute Gasteiger partial charge is 0.204 e. The van der Waals surface area contributed by atoms with Crippen LogP contribution in [-0.4, -0.2) is 22.9 Å². The quantitative estimate of drug-likeness (QED) is 0.672. The Morgan fingerprint density at radius 2 is 2.64 bits per heavy atom. The Morgan fingerprint density at radius 1 is 1.82 bits per heavy atom. The van der Waals surface area contributed by atoms with Gasteiger partial charge in [0.25, 0.3) is 0 Å². The van der Waals surface area contributed by atoms with Crippen LogP contribution in [0.3, 0.4) is 0 Å². The molecule has 0 spiro atoms. The van der Waals surface area contributed by atoms with Crippen LogP contribution in [0.1, 0.15) is 6.42 Å². The maximum Gasteiger partial charge on any atom is 0.204 e. The fourth-order valence-corrected chi connectivity index (χ4v) is 1.16. The monoisotopic (exact) mass is 168 g/mol. The molecular weight excluding hydrogens is 160 g/mol. The summed E-state index contributed by atoms with van der Waals surface area (Å²) in [6.07, 6.45) is 2.04. The summed E-state index contributed by atoms with van der Waals surface area (Å²) in [5.41, 5.74) is 0. The summed E-state index contributed by atoms with van der Waals surface area (Å²) in [7, 11) is 1.90. The summed E-state index contributed by atoms with van der Waals surface area (Å²) in [4.78, 5) is 5.91. The molecule has 0 unspecified atom stereocenters. The van der Waals surface area contributed by atoms with E-state index >= 15 is 0 Å². The Morgan fingerprint density at radius 3 is 3.18 bits per heavy atom. The Kier molecular flexibility index (Phi) is 2.81. The second-order valence-electron chi connectivity index (χ2n) is 2.05. The fraction of sp³-hybridized carbons (Fsp3) is 0.500. The third kappa shape index (κ3) is 2.16. The van der Waals surface area contributed by atoms with Crippen molar-refractivity contribution in [2.45, 2.75) is 6.42 Å². The fourth-order valence-electron chi connectivity index (χ4n) is 0.649. The minimum Gasteiger partial charge on any atom is -0.349 e. The first-order valence-electron chi connectivity index (χ1n) is 3.19. The number of nitrogens with zero attached hydrogens (tertiary/aromatic N) is 4. The molecule has 0 bridgehead atoms. The van der Waals surface area contributed by atoms with Gasteiger partial charge >= 0.3 is 0 Å². The highest BCUT2D eigenvalue weighted by atomic mass is 32.1. The van der Waals surface area contributed by atoms with Gasteiger partial charge in [0, 0.05) is 25.1 Å². The van der Waals surface area contributed by atoms with Crippen molar-refractivity contribution in [3.8, 4) is 6.07 Å². The Bertz CT molecular complexity index is 238. The average Bonchev–Trinajstić information content (AvgIpc) is 2.52. The third-order valence-electron chi connectivity index (χ3n) is 1.24. The molecule has 58 valence electrons. The van der Waals surface area contributed by atoms with Crippen LogP contribution in [0.5, 0.6) is 0 Å². The van der Waals surface area contributed by atoms with Gasteiger partial charge in [0.15, 0.2) is 0 Å². The van der Waals surface area contributed by atoms with Gasteiger partial charge in [-0.3, -0.25) is 0 Å². The van der Waals surface area contributed by atoms with Crippen LogP contribution in [0.25, 0.3) is 0 Å². The van der Waals surface area contributed by atoms with Crippen LogP contribution in [0.2, 0.25) is 0 Å². The molecule has 0 saturated heterocycles. The third-order valence-corrected chi connectivity index (χ3v) is 2.02. The van der Waals surface area contributed by atoms with Gasteiger partial charge in [-0.15, -0.1) is 0 Å². The van der Waals surface area contributed by atoms with Crippen LogP contribution < -0.4 is 4.90 Å². The van der Waals surface area contributed by atoms with E-state index in [-0.39, 0.29) is 0 Å². The van der Waals surface area contributed by atoms with E-state index in [1.807, 2.05) is 11.9 Å². The molecule has 1 heterocycles. The number of rotatable bonds is 3. The first-order chi connectivity index (χ1) is 5.34. The van der Waals surface area contributed by atoms with Gasteiger partial charge in [0.1, 0.15) is 6.33 Å². The second kappa shape index (κ2) is 3.88. The SMILES string of the molecule is CN(CCC#N)c1ncns1. The van der Waals surface area contributed by atoms with E-state index in [0.717, 1.165) is 5.13 Å². The number of hydrogen-bond donors (Lipinski definition) is 0. The highest BCUT2D eigenvalue weighted by Gasteiger charge is 2.01. The summed E-state index contributed by atoms with van der Waals surface area (Å²) in [5.74, 6) is 0. The lowest BCUT2D eigenvalue weighted by Crippen LogP contribution is -2.17. The summed E-state index contributed by atoms with van der Waals surface area (Å²) < 4.78 is 3.86. The summed E-state index contributed by atoms with van der Waals surface area (Å²) in [5, 5.41) is 9.16. The molecule has 5 heteroatoms. The lowest BCUT2D eigenvalue weighted by Gasteiger charge is -2.11. The predicted octanol–water partition coefficient (Wildman–Crippen LogP) is 0.888. The summed E-state index contributed by atoms with van der Waals surface area (Å²) in [6.45, 7) is 0.714. The van der Waals surface area contributed by atoms with Gasteiger partial charge in [-0.2, -0.15) is 9.64 Å². The van der Waals surface area contributed by atoms with Gasteiger partial charge in [-0.1, -0.05) is 0 Å². The topological polar surface area (TPSA) is 52.8 Å². The van der Waals surface area contributed by atoms with Crippen molar-refractivity contribution in [2.75, 3.05) is 18.5 Å². The molecule has 0 fully saturated rings. The van der Waals surface area contributed by atoms with Crippen molar-refractivity contribution in [3.05, 3.63) is 6.33 Å². The lowest BCUT2D eigenvalue weighted by molar-refractivity contribution is 0.898. The van der Waals surface area contributed by atoms with Gasteiger partial charge in [-0.25, -0.2) is 4.98 Å². The molecule has 1 aromatic rings. The van der Waals surface area contributed by atoms with Gasteiger partial charge in [-0.05, 0) is 0 Å². The molecule has 1 aromatic heterocycles. The zero-order chi connectivity index (χ0) is 8.10. The molecule has 0 radical (unpaired) electrons. The van der Waals surface area contributed by atoms with Crippen molar-refractivity contribution >= 4 is 16.7 Å². The summed E-state index contributed by atoms with van der Waals surface area (Å²) in [6, 6.07) is 2.08. The van der Waals surface area contributed by atoms with Crippen molar-refractivity contribution in [1.29, 1.82) is 5.26 Å². The van der Waals surface area contributed by atoms with Crippen LogP contribution >= 0.6 is 11.5 Å². The Hall–Kier alpha value is -1.15. The molecule has 0 N–H and O–H groups in total. The minimum absolute atomic E-state index is 0.524. The van der Waals surface area contributed by atoms with E-state index < -0.39 is 0 Å². The standard InChI is InChI=1S/C6H8N4S/c1-10(4-2-3-7)6-8-5-9-11-6/h5H,2,4H2,1H3. The number of aromatic nitrogens is 2. The van der Waals surface area contributed by atoms with E-state index in [1.54, 1.807) is 0 Å². The zero-order valence-electron chi connectivity index (χ0n) is 6.19. The molecule has 4 nitrogen and oxygen atoms in total. The van der Waals surface area contributed by atoms with Crippen LogP contribution in [-0.2, 0) is 0 Å². The molecule has 1 rings (SSSR count). The van der Waals surface area contributed by atoms with Crippen LogP contribution in [0.15, 0.2) is 6.33 Å². The van der Waals surface area contributed by atoms with Crippen molar-refractivity contribution in [2.24, 2.45) is 0 Å². The van der Waals surface area contributed by atoms with Gasteiger partial charge in [0.2, 0.25) is 5.13 Å². The van der Waals surface area contributed by atoms with Crippen molar-refractivity contribution in [3.63, 3.8) is 0 Å². The van der Waals surface area contributed by atoms with Crippen LogP contribution in [0, 0.1) is 11.3 Å². The highest BCUT2D eigenvalue weighted by Crippen LogP contribution is 2.11. The highest BCUT2D eigenvalue weighted by molar-refractivity contribution is 7.09. The van der Waals surface area contributed by atoms with Gasteiger partial charge in [0.05, 0.1) is 12.5 Å². The average molecular weight is 168 g/mol. The van der Waals surface area contributed by atoms with Crippen LogP contribution in [0.4, 0.5) is 5.13 Å². The summed E-state index contributed by atoms with van der Waals surface area (Å²) >= 11 is 1.34. The maximum absolute atomic E-state index is 8.30. The molecule has 0 saturated carbocycles. The number of nitriles is 1. The van der Waals surface area contributed by atoms with E-state index in [4.69, 9.17) is 5.26 Å². The first kappa shape index (κ1) is 7.95. The molecule has 0 amide bonds. The predicted molar refractivity (Wildman–Crippen MR) is 43.4 cm³/mol. The van der Waals surface area contributed by atoms with E-state index in [2.05, 4.69) is 15.4 Å². The number of anilines is 1.